The second-order valence-corrected chi connectivity index (χ2v) is 2.31. The van der Waals surface area contributed by atoms with E-state index < -0.39 is 0 Å². The first-order valence-corrected chi connectivity index (χ1v) is 2.68. The van der Waals surface area contributed by atoms with Crippen LogP contribution in [0.15, 0.2) is 4.40 Å². The lowest BCUT2D eigenvalue weighted by Crippen LogP contribution is -2.01. The summed E-state index contributed by atoms with van der Waals surface area (Å²) in [6, 6.07) is 0. The molecule has 1 aliphatic heterocycles. The van der Waals surface area contributed by atoms with Gasteiger partial charge in [-0.15, -0.1) is 0 Å². The third-order valence-corrected chi connectivity index (χ3v) is 1.24. The summed E-state index contributed by atoms with van der Waals surface area (Å²) in [7, 11) is 0. The topological polar surface area (TPSA) is 26.5 Å². The molecule has 1 rings (SSSR count). The lowest BCUT2D eigenvalue weighted by molar-refractivity contribution is 1.09. The standard InChI is InChI=1S/C2H2ClN2S/c3-2-4-1-5-6-2/h1-2H. The Morgan fingerprint density at radius 1 is 1.83 bits per heavy atom. The second kappa shape index (κ2) is 1.71. The first kappa shape index (κ1) is 4.27. The van der Waals surface area contributed by atoms with Gasteiger partial charge in [0.05, 0.1) is 0 Å². The largest absolute Gasteiger partial charge is 0.240 e. The molecule has 1 aliphatic rings. The zero-order chi connectivity index (χ0) is 4.41. The van der Waals surface area contributed by atoms with Crippen LogP contribution in [0.4, 0.5) is 0 Å². The molecule has 0 saturated carbocycles. The Bertz CT molecular complexity index is 65.9. The lowest BCUT2D eigenvalue weighted by atomic mass is 11.2. The van der Waals surface area contributed by atoms with Crippen molar-refractivity contribution in [2.75, 3.05) is 0 Å². The molecule has 0 amide bonds. The van der Waals surface area contributed by atoms with Crippen molar-refractivity contribution in [1.29, 1.82) is 0 Å². The molecule has 1 unspecified atom stereocenters. The summed E-state index contributed by atoms with van der Waals surface area (Å²) in [5.41, 5.74) is 0. The highest BCUT2D eigenvalue weighted by molar-refractivity contribution is 8.00. The van der Waals surface area contributed by atoms with Gasteiger partial charge >= 0.3 is 0 Å². The maximum atomic E-state index is 5.38. The number of rotatable bonds is 0. The summed E-state index contributed by atoms with van der Waals surface area (Å²) in [5, 5.41) is 3.67. The van der Waals surface area contributed by atoms with Crippen LogP contribution in [0.3, 0.4) is 0 Å². The zero-order valence-corrected chi connectivity index (χ0v) is 4.41. The van der Waals surface area contributed by atoms with E-state index in [2.05, 4.69) is 9.71 Å². The third-order valence-electron chi connectivity index (χ3n) is 0.379. The number of hydrogen-bond acceptors (Lipinski definition) is 2. The van der Waals surface area contributed by atoms with Gasteiger partial charge in [0.15, 0.2) is 4.83 Å². The molecule has 0 fully saturated rings. The second-order valence-electron chi connectivity index (χ2n) is 0.767. The molecule has 0 aliphatic carbocycles. The SMILES string of the molecule is ClC1[N]C=NS1. The van der Waals surface area contributed by atoms with E-state index >= 15 is 0 Å². The van der Waals surface area contributed by atoms with E-state index in [0.717, 1.165) is 0 Å². The van der Waals surface area contributed by atoms with Crippen LogP contribution in [0.5, 0.6) is 0 Å². The first-order valence-electron chi connectivity index (χ1n) is 1.41. The quantitative estimate of drug-likeness (QED) is 0.265. The fourth-order valence-corrected chi connectivity index (χ4v) is 0.691. The van der Waals surface area contributed by atoms with Gasteiger partial charge in [0, 0.05) is 11.9 Å². The van der Waals surface area contributed by atoms with E-state index in [4.69, 9.17) is 11.6 Å². The predicted octanol–water partition coefficient (Wildman–Crippen LogP) is 0.803. The van der Waals surface area contributed by atoms with E-state index in [-0.39, 0.29) is 4.83 Å². The zero-order valence-electron chi connectivity index (χ0n) is 2.84. The summed E-state index contributed by atoms with van der Waals surface area (Å²) in [6.07, 6.45) is 1.46. The monoisotopic (exact) mass is 121 g/mol. The molecule has 0 aromatic rings. The van der Waals surface area contributed by atoms with Gasteiger partial charge in [0.2, 0.25) is 0 Å². The Morgan fingerprint density at radius 2 is 2.67 bits per heavy atom. The molecule has 0 spiro atoms. The highest BCUT2D eigenvalue weighted by atomic mass is 35.5. The molecule has 0 aromatic carbocycles. The lowest BCUT2D eigenvalue weighted by Gasteiger charge is -1.86. The average molecular weight is 122 g/mol. The molecule has 33 valence electrons. The first-order chi connectivity index (χ1) is 2.89. The van der Waals surface area contributed by atoms with Gasteiger partial charge in [0.1, 0.15) is 6.34 Å². The molecule has 1 heterocycles. The maximum absolute atomic E-state index is 5.38. The Hall–Kier alpha value is 0.110. The Balaban J connectivity index is 2.32. The fourth-order valence-electron chi connectivity index (χ4n) is 0.184. The number of hydrogen-bond donors (Lipinski definition) is 0. The van der Waals surface area contributed by atoms with Gasteiger partial charge in [-0.2, -0.15) is 0 Å². The molecule has 0 aromatic heterocycles. The highest BCUT2D eigenvalue weighted by Crippen LogP contribution is 2.16. The van der Waals surface area contributed by atoms with E-state index in [1.807, 2.05) is 0 Å². The van der Waals surface area contributed by atoms with E-state index in [1.165, 1.54) is 18.3 Å². The molecular weight excluding hydrogens is 120 g/mol. The molecule has 0 bridgehead atoms. The van der Waals surface area contributed by atoms with Crippen molar-refractivity contribution in [3.05, 3.63) is 0 Å². The molecule has 2 nitrogen and oxygen atoms in total. The van der Waals surface area contributed by atoms with Crippen LogP contribution in [0.25, 0.3) is 0 Å². The van der Waals surface area contributed by atoms with Crippen LogP contribution in [0, 0.1) is 0 Å². The smallest absolute Gasteiger partial charge is 0.191 e. The van der Waals surface area contributed by atoms with Gasteiger partial charge in [-0.1, -0.05) is 11.6 Å². The van der Waals surface area contributed by atoms with Crippen molar-refractivity contribution in [3.8, 4) is 0 Å². The molecule has 0 saturated heterocycles. The van der Waals surface area contributed by atoms with Crippen molar-refractivity contribution in [2.45, 2.75) is 4.83 Å². The predicted molar refractivity (Wildman–Crippen MR) is 27.9 cm³/mol. The van der Waals surface area contributed by atoms with E-state index in [9.17, 15) is 0 Å². The minimum atomic E-state index is -0.162. The Labute approximate surface area is 45.1 Å². The average Bonchev–Trinajstić information content (AvgIpc) is 1.86. The number of alkyl halides is 1. The van der Waals surface area contributed by atoms with Crippen molar-refractivity contribution in [1.82, 2.24) is 5.32 Å². The van der Waals surface area contributed by atoms with Crippen molar-refractivity contribution < 1.29 is 0 Å². The molecule has 4 heteroatoms. The van der Waals surface area contributed by atoms with Crippen LogP contribution in [-0.2, 0) is 0 Å². The van der Waals surface area contributed by atoms with Crippen LogP contribution in [0.2, 0.25) is 0 Å². The minimum absolute atomic E-state index is 0.162. The fraction of sp³-hybridized carbons (Fsp3) is 0.500. The Kier molecular flexibility index (Phi) is 1.22. The third kappa shape index (κ3) is 0.786. The summed E-state index contributed by atoms with van der Waals surface area (Å²) in [4.78, 5) is -0.162. The van der Waals surface area contributed by atoms with Crippen molar-refractivity contribution in [2.24, 2.45) is 4.40 Å². The highest BCUT2D eigenvalue weighted by Gasteiger charge is 2.06. The van der Waals surface area contributed by atoms with Gasteiger partial charge in [-0.05, 0) is 0 Å². The molecule has 1 atom stereocenters. The van der Waals surface area contributed by atoms with Crippen LogP contribution < -0.4 is 5.32 Å². The maximum Gasteiger partial charge on any atom is 0.191 e. The van der Waals surface area contributed by atoms with Gasteiger partial charge in [0.25, 0.3) is 0 Å². The molecule has 0 N–H and O–H groups in total. The minimum Gasteiger partial charge on any atom is -0.240 e. The van der Waals surface area contributed by atoms with Crippen LogP contribution >= 0.6 is 23.5 Å². The molecule has 1 radical (unpaired) electrons. The van der Waals surface area contributed by atoms with Gasteiger partial charge < -0.3 is 0 Å². The van der Waals surface area contributed by atoms with Crippen LogP contribution in [0.1, 0.15) is 0 Å². The summed E-state index contributed by atoms with van der Waals surface area (Å²) >= 11 is 6.65. The van der Waals surface area contributed by atoms with Crippen molar-refractivity contribution >= 4 is 29.9 Å². The van der Waals surface area contributed by atoms with E-state index in [1.54, 1.807) is 0 Å². The van der Waals surface area contributed by atoms with Gasteiger partial charge in [-0.25, -0.2) is 9.71 Å². The summed E-state index contributed by atoms with van der Waals surface area (Å²) in [6.45, 7) is 0. The summed E-state index contributed by atoms with van der Waals surface area (Å²) < 4.78 is 3.66. The van der Waals surface area contributed by atoms with Crippen LogP contribution in [-0.4, -0.2) is 11.2 Å². The summed E-state index contributed by atoms with van der Waals surface area (Å²) in [5.74, 6) is 0. The van der Waals surface area contributed by atoms with E-state index in [0.29, 0.717) is 0 Å². The molecular formula is C2H2ClN2S. The normalized spacial score (nSPS) is 30.5. The number of halogens is 1. The Morgan fingerprint density at radius 3 is 2.83 bits per heavy atom. The molecule has 6 heavy (non-hydrogen) atoms. The number of nitrogens with zero attached hydrogens (tertiary/aromatic N) is 2. The van der Waals surface area contributed by atoms with Gasteiger partial charge in [-0.3, -0.25) is 0 Å². The van der Waals surface area contributed by atoms with Crippen molar-refractivity contribution in [3.63, 3.8) is 0 Å².